The van der Waals surface area contributed by atoms with Crippen LogP contribution in [0.4, 0.5) is 5.82 Å². The molecule has 2 saturated carbocycles. The third kappa shape index (κ3) is 3.31. The smallest absolute Gasteiger partial charge is 0.135 e. The number of nitrogens with one attached hydrogen (secondary N) is 1. The number of hydrogen-bond donors (Lipinski definition) is 2. The van der Waals surface area contributed by atoms with E-state index in [0.29, 0.717) is 5.92 Å². The summed E-state index contributed by atoms with van der Waals surface area (Å²) in [5.74, 6) is 2.38. The van der Waals surface area contributed by atoms with E-state index in [1.54, 1.807) is 0 Å². The van der Waals surface area contributed by atoms with Crippen LogP contribution in [0.5, 0.6) is 0 Å². The Morgan fingerprint density at radius 3 is 2.65 bits per heavy atom. The molecule has 2 aliphatic rings. The Bertz CT molecular complexity index is 470. The summed E-state index contributed by atoms with van der Waals surface area (Å²) in [7, 11) is 0. The zero-order chi connectivity index (χ0) is 14.0. The molecule has 0 radical (unpaired) electrons. The van der Waals surface area contributed by atoms with Gasteiger partial charge in [-0.2, -0.15) is 0 Å². The van der Waals surface area contributed by atoms with Crippen molar-refractivity contribution in [2.75, 3.05) is 18.5 Å². The van der Waals surface area contributed by atoms with Gasteiger partial charge >= 0.3 is 0 Å². The second-order valence-electron chi connectivity index (χ2n) is 6.28. The normalized spacial score (nSPS) is 21.7. The zero-order valence-corrected chi connectivity index (χ0v) is 13.3. The molecule has 0 unspecified atom stereocenters. The summed E-state index contributed by atoms with van der Waals surface area (Å²) < 4.78 is 0.846. The molecule has 2 aliphatic carbocycles. The van der Waals surface area contributed by atoms with E-state index in [-0.39, 0.29) is 12.0 Å². The molecule has 0 bridgehead atoms. The highest BCUT2D eigenvalue weighted by Gasteiger charge is 2.31. The highest BCUT2D eigenvalue weighted by atomic mass is 79.9. The zero-order valence-electron chi connectivity index (χ0n) is 11.7. The van der Waals surface area contributed by atoms with Crippen LogP contribution < -0.4 is 5.32 Å². The third-order valence-electron chi connectivity index (χ3n) is 4.55. The van der Waals surface area contributed by atoms with Gasteiger partial charge in [0.05, 0.1) is 6.61 Å². The fourth-order valence-electron chi connectivity index (χ4n) is 3.02. The molecule has 20 heavy (non-hydrogen) atoms. The Morgan fingerprint density at radius 1 is 1.25 bits per heavy atom. The highest BCUT2D eigenvalue weighted by molar-refractivity contribution is 9.10. The summed E-state index contributed by atoms with van der Waals surface area (Å²) in [5, 5.41) is 13.2. The first kappa shape index (κ1) is 14.3. The molecule has 0 saturated heterocycles. The maximum Gasteiger partial charge on any atom is 0.135 e. The highest BCUT2D eigenvalue weighted by Crippen LogP contribution is 2.39. The van der Waals surface area contributed by atoms with Crippen molar-refractivity contribution in [3.8, 4) is 0 Å². The molecule has 3 rings (SSSR count). The van der Waals surface area contributed by atoms with Crippen molar-refractivity contribution in [2.45, 2.75) is 50.9 Å². The van der Waals surface area contributed by atoms with E-state index in [2.05, 4.69) is 31.2 Å². The van der Waals surface area contributed by atoms with Gasteiger partial charge in [-0.25, -0.2) is 9.97 Å². The van der Waals surface area contributed by atoms with Gasteiger partial charge in [-0.3, -0.25) is 0 Å². The summed E-state index contributed by atoms with van der Waals surface area (Å²) in [6, 6.07) is 1.93. The van der Waals surface area contributed by atoms with Gasteiger partial charge in [-0.1, -0.05) is 19.3 Å². The van der Waals surface area contributed by atoms with Gasteiger partial charge in [-0.05, 0) is 41.6 Å². The minimum Gasteiger partial charge on any atom is -0.396 e. The molecule has 0 spiro atoms. The van der Waals surface area contributed by atoms with Gasteiger partial charge in [0.1, 0.15) is 16.2 Å². The van der Waals surface area contributed by atoms with Crippen LogP contribution in [0.25, 0.3) is 0 Å². The summed E-state index contributed by atoms with van der Waals surface area (Å²) in [4.78, 5) is 9.06. The van der Waals surface area contributed by atoms with Gasteiger partial charge in [-0.15, -0.1) is 0 Å². The molecule has 0 aliphatic heterocycles. The van der Waals surface area contributed by atoms with Gasteiger partial charge in [0, 0.05) is 23.9 Å². The molecule has 4 nitrogen and oxygen atoms in total. The van der Waals surface area contributed by atoms with Crippen LogP contribution in [0, 0.1) is 5.41 Å². The molecule has 2 N–H and O–H groups in total. The molecule has 2 fully saturated rings. The van der Waals surface area contributed by atoms with E-state index >= 15 is 0 Å². The lowest BCUT2D eigenvalue weighted by Gasteiger charge is -2.35. The SMILES string of the molecule is OCC1(CNc2cc(Br)nc(C3CC3)n2)CCCCC1. The first-order valence-electron chi connectivity index (χ1n) is 7.60. The fraction of sp³-hybridized carbons (Fsp3) is 0.733. The Hall–Kier alpha value is -0.680. The Morgan fingerprint density at radius 2 is 2.00 bits per heavy atom. The van der Waals surface area contributed by atoms with Crippen LogP contribution in [0.3, 0.4) is 0 Å². The van der Waals surface area contributed by atoms with Gasteiger partial charge < -0.3 is 10.4 Å². The number of aromatic nitrogens is 2. The van der Waals surface area contributed by atoms with Crippen LogP contribution in [0.2, 0.25) is 0 Å². The van der Waals surface area contributed by atoms with Crippen molar-refractivity contribution in [1.29, 1.82) is 0 Å². The van der Waals surface area contributed by atoms with E-state index in [1.165, 1.54) is 32.1 Å². The lowest BCUT2D eigenvalue weighted by molar-refractivity contribution is 0.0943. The maximum absolute atomic E-state index is 9.74. The predicted octanol–water partition coefficient (Wildman–Crippen LogP) is 3.47. The van der Waals surface area contributed by atoms with E-state index in [4.69, 9.17) is 0 Å². The van der Waals surface area contributed by atoms with E-state index < -0.39 is 0 Å². The monoisotopic (exact) mass is 339 g/mol. The van der Waals surface area contributed by atoms with Gasteiger partial charge in [0.15, 0.2) is 0 Å². The molecule has 110 valence electrons. The van der Waals surface area contributed by atoms with E-state index in [9.17, 15) is 5.11 Å². The van der Waals surface area contributed by atoms with Crippen molar-refractivity contribution in [3.63, 3.8) is 0 Å². The molecule has 0 atom stereocenters. The van der Waals surface area contributed by atoms with Crippen molar-refractivity contribution in [1.82, 2.24) is 9.97 Å². The maximum atomic E-state index is 9.74. The number of anilines is 1. The Kier molecular flexibility index (Phi) is 4.26. The van der Waals surface area contributed by atoms with Crippen LogP contribution in [0.15, 0.2) is 10.7 Å². The lowest BCUT2D eigenvalue weighted by atomic mass is 9.74. The molecule has 0 amide bonds. The lowest BCUT2D eigenvalue weighted by Crippen LogP contribution is -2.35. The molecular weight excluding hydrogens is 318 g/mol. The fourth-order valence-corrected chi connectivity index (χ4v) is 3.42. The average Bonchev–Trinajstić information content (AvgIpc) is 3.30. The van der Waals surface area contributed by atoms with Crippen molar-refractivity contribution in [2.24, 2.45) is 5.41 Å². The Balaban J connectivity index is 1.67. The number of rotatable bonds is 5. The van der Waals surface area contributed by atoms with Crippen molar-refractivity contribution in [3.05, 3.63) is 16.5 Å². The standard InChI is InChI=1S/C15H22BrN3O/c16-12-8-13(19-14(18-12)11-4-5-11)17-9-15(10-20)6-2-1-3-7-15/h8,11,20H,1-7,9-10H2,(H,17,18,19). The van der Waals surface area contributed by atoms with Crippen LogP contribution in [-0.4, -0.2) is 28.2 Å². The number of halogens is 1. The molecular formula is C15H22BrN3O. The molecule has 1 heterocycles. The largest absolute Gasteiger partial charge is 0.396 e. The van der Waals surface area contributed by atoms with E-state index in [0.717, 1.165) is 35.6 Å². The van der Waals surface area contributed by atoms with Crippen LogP contribution >= 0.6 is 15.9 Å². The quantitative estimate of drug-likeness (QED) is 0.806. The van der Waals surface area contributed by atoms with Crippen LogP contribution in [-0.2, 0) is 0 Å². The van der Waals surface area contributed by atoms with Crippen molar-refractivity contribution >= 4 is 21.7 Å². The topological polar surface area (TPSA) is 58.0 Å². The number of nitrogens with zero attached hydrogens (tertiary/aromatic N) is 2. The molecule has 1 aromatic heterocycles. The van der Waals surface area contributed by atoms with Gasteiger partial charge in [0.2, 0.25) is 0 Å². The number of aliphatic hydroxyl groups is 1. The van der Waals surface area contributed by atoms with Gasteiger partial charge in [0.25, 0.3) is 0 Å². The number of hydrogen-bond acceptors (Lipinski definition) is 4. The molecule has 5 heteroatoms. The second kappa shape index (κ2) is 5.98. The first-order chi connectivity index (χ1) is 9.71. The first-order valence-corrected chi connectivity index (χ1v) is 8.39. The minimum atomic E-state index is 0.0371. The number of aliphatic hydroxyl groups excluding tert-OH is 1. The third-order valence-corrected chi connectivity index (χ3v) is 4.96. The molecule has 0 aromatic carbocycles. The van der Waals surface area contributed by atoms with E-state index in [1.807, 2.05) is 6.07 Å². The minimum absolute atomic E-state index is 0.0371. The average molecular weight is 340 g/mol. The molecule has 1 aromatic rings. The summed E-state index contributed by atoms with van der Waals surface area (Å²) >= 11 is 3.47. The predicted molar refractivity (Wildman–Crippen MR) is 82.8 cm³/mol. The second-order valence-corrected chi connectivity index (χ2v) is 7.09. The van der Waals surface area contributed by atoms with Crippen molar-refractivity contribution < 1.29 is 5.11 Å². The van der Waals surface area contributed by atoms with Crippen LogP contribution in [0.1, 0.15) is 56.7 Å². The Labute approximate surface area is 128 Å². The summed E-state index contributed by atoms with van der Waals surface area (Å²) in [5.41, 5.74) is 0.0371. The summed E-state index contributed by atoms with van der Waals surface area (Å²) in [6.07, 6.45) is 8.38. The summed E-state index contributed by atoms with van der Waals surface area (Å²) in [6.45, 7) is 1.07.